The number of hydrogen-bond donors (Lipinski definition) is 2. The van der Waals surface area contributed by atoms with E-state index in [9.17, 15) is 4.79 Å². The molecule has 0 fully saturated rings. The average molecular weight is 340 g/mol. The second-order valence-electron chi connectivity index (χ2n) is 5.00. The lowest BCUT2D eigenvalue weighted by molar-refractivity contribution is 0.102. The maximum Gasteiger partial charge on any atom is 0.256 e. The third-order valence-electron chi connectivity index (χ3n) is 3.41. The second kappa shape index (κ2) is 7.16. The van der Waals surface area contributed by atoms with Gasteiger partial charge in [0.1, 0.15) is 5.82 Å². The van der Waals surface area contributed by atoms with E-state index in [-0.39, 0.29) is 11.1 Å². The van der Waals surface area contributed by atoms with Gasteiger partial charge in [-0.05, 0) is 29.8 Å². The Bertz CT molecular complexity index is 839. The molecule has 1 atom stereocenters. The molecule has 0 aliphatic heterocycles. The largest absolute Gasteiger partial charge is 0.319 e. The van der Waals surface area contributed by atoms with E-state index in [0.29, 0.717) is 17.1 Å². The van der Waals surface area contributed by atoms with Crippen LogP contribution in [0.25, 0.3) is 0 Å². The number of pyridine rings is 1. The third-order valence-corrected chi connectivity index (χ3v) is 3.70. The minimum Gasteiger partial charge on any atom is -0.319 e. The summed E-state index contributed by atoms with van der Waals surface area (Å²) >= 11 is 6.02. The molecule has 0 aliphatic rings. The van der Waals surface area contributed by atoms with Crippen LogP contribution in [0.2, 0.25) is 5.15 Å². The predicted octanol–water partition coefficient (Wildman–Crippen LogP) is 2.83. The van der Waals surface area contributed by atoms with Gasteiger partial charge in [0.15, 0.2) is 5.15 Å². The van der Waals surface area contributed by atoms with Crippen LogP contribution in [0.1, 0.15) is 27.7 Å². The van der Waals surface area contributed by atoms with Gasteiger partial charge in [-0.25, -0.2) is 9.97 Å². The number of rotatable bonds is 4. The zero-order valence-electron chi connectivity index (χ0n) is 12.6. The maximum absolute atomic E-state index is 12.2. The van der Waals surface area contributed by atoms with Gasteiger partial charge in [-0.3, -0.25) is 9.78 Å². The van der Waals surface area contributed by atoms with E-state index in [4.69, 9.17) is 17.3 Å². The molecular formula is C17H14ClN5O. The predicted molar refractivity (Wildman–Crippen MR) is 91.7 cm³/mol. The number of carbonyl (C=O) groups is 1. The van der Waals surface area contributed by atoms with Crippen LogP contribution in [-0.2, 0) is 0 Å². The Morgan fingerprint density at radius 2 is 1.75 bits per heavy atom. The van der Waals surface area contributed by atoms with E-state index in [1.54, 1.807) is 48.7 Å². The van der Waals surface area contributed by atoms with Crippen LogP contribution in [0.4, 0.5) is 5.82 Å². The van der Waals surface area contributed by atoms with Gasteiger partial charge in [0, 0.05) is 24.2 Å². The number of benzene rings is 1. The van der Waals surface area contributed by atoms with E-state index >= 15 is 0 Å². The fraction of sp³-hybridized carbons (Fsp3) is 0.0588. The molecule has 3 N–H and O–H groups in total. The Balaban J connectivity index is 1.76. The van der Waals surface area contributed by atoms with Crippen LogP contribution >= 0.6 is 11.6 Å². The van der Waals surface area contributed by atoms with E-state index in [1.165, 1.54) is 12.4 Å². The number of amides is 1. The number of carbonyl (C=O) groups excluding carboxylic acids is 1. The van der Waals surface area contributed by atoms with Gasteiger partial charge in [0.2, 0.25) is 0 Å². The van der Waals surface area contributed by atoms with Crippen molar-refractivity contribution in [2.45, 2.75) is 6.04 Å². The fourth-order valence-corrected chi connectivity index (χ4v) is 2.39. The molecule has 24 heavy (non-hydrogen) atoms. The number of nitrogens with two attached hydrogens (primary N) is 1. The SMILES string of the molecule is NC(c1ccc(C(=O)Nc2ccccn2)cc1)c1nccnc1Cl. The number of nitrogens with zero attached hydrogens (tertiary/aromatic N) is 3. The van der Waals surface area contributed by atoms with Crippen molar-refractivity contribution in [1.29, 1.82) is 0 Å². The summed E-state index contributed by atoms with van der Waals surface area (Å²) in [5, 5.41) is 2.99. The van der Waals surface area contributed by atoms with Crippen LogP contribution in [0.15, 0.2) is 61.1 Å². The number of nitrogens with one attached hydrogen (secondary N) is 1. The monoisotopic (exact) mass is 339 g/mol. The number of halogens is 1. The minimum absolute atomic E-state index is 0.244. The van der Waals surface area contributed by atoms with E-state index in [2.05, 4.69) is 20.3 Å². The summed E-state index contributed by atoms with van der Waals surface area (Å²) in [5.41, 5.74) is 7.95. The van der Waals surface area contributed by atoms with Gasteiger partial charge < -0.3 is 11.1 Å². The Labute approximate surface area is 143 Å². The Morgan fingerprint density at radius 1 is 1.00 bits per heavy atom. The summed E-state index contributed by atoms with van der Waals surface area (Å²) in [4.78, 5) is 24.4. The lowest BCUT2D eigenvalue weighted by atomic mass is 10.0. The molecule has 6 nitrogen and oxygen atoms in total. The molecule has 1 unspecified atom stereocenters. The molecular weight excluding hydrogens is 326 g/mol. The van der Waals surface area contributed by atoms with Gasteiger partial charge in [0.25, 0.3) is 5.91 Å². The standard InChI is InChI=1S/C17H14ClN5O/c18-16-15(21-9-10-22-16)14(19)11-4-6-12(7-5-11)17(24)23-13-3-1-2-8-20-13/h1-10,14H,19H2,(H,20,23,24). The first-order valence-electron chi connectivity index (χ1n) is 7.19. The first kappa shape index (κ1) is 16.0. The van der Waals surface area contributed by atoms with E-state index in [0.717, 1.165) is 5.56 Å². The highest BCUT2D eigenvalue weighted by Gasteiger charge is 2.15. The fourth-order valence-electron chi connectivity index (χ4n) is 2.17. The Hall–Kier alpha value is -2.83. The smallest absolute Gasteiger partial charge is 0.256 e. The van der Waals surface area contributed by atoms with E-state index < -0.39 is 6.04 Å². The maximum atomic E-state index is 12.2. The topological polar surface area (TPSA) is 93.8 Å². The summed E-state index contributed by atoms with van der Waals surface area (Å²) < 4.78 is 0. The molecule has 1 amide bonds. The highest BCUT2D eigenvalue weighted by Crippen LogP contribution is 2.23. The first-order valence-corrected chi connectivity index (χ1v) is 7.57. The van der Waals surface area contributed by atoms with Crippen molar-refractivity contribution in [1.82, 2.24) is 15.0 Å². The quantitative estimate of drug-likeness (QED) is 0.762. The molecule has 120 valence electrons. The lowest BCUT2D eigenvalue weighted by Crippen LogP contribution is -2.16. The Kier molecular flexibility index (Phi) is 4.79. The molecule has 2 aromatic heterocycles. The molecule has 3 aromatic rings. The summed E-state index contributed by atoms with van der Waals surface area (Å²) in [7, 11) is 0. The average Bonchev–Trinajstić information content (AvgIpc) is 2.62. The molecule has 0 bridgehead atoms. The van der Waals surface area contributed by atoms with Crippen molar-refractivity contribution < 1.29 is 4.79 Å². The van der Waals surface area contributed by atoms with Gasteiger partial charge >= 0.3 is 0 Å². The summed E-state index contributed by atoms with van der Waals surface area (Å²) in [6.07, 6.45) is 4.65. The first-order chi connectivity index (χ1) is 11.6. The van der Waals surface area contributed by atoms with Crippen molar-refractivity contribution in [2.24, 2.45) is 5.73 Å². The van der Waals surface area contributed by atoms with Gasteiger partial charge in [-0.2, -0.15) is 0 Å². The Morgan fingerprint density at radius 3 is 2.42 bits per heavy atom. The molecule has 7 heteroatoms. The molecule has 0 radical (unpaired) electrons. The molecule has 0 aliphatic carbocycles. The molecule has 0 saturated heterocycles. The summed E-state index contributed by atoms with van der Waals surface area (Å²) in [6.45, 7) is 0. The number of aromatic nitrogens is 3. The zero-order valence-corrected chi connectivity index (χ0v) is 13.3. The summed E-state index contributed by atoms with van der Waals surface area (Å²) in [5.74, 6) is 0.251. The van der Waals surface area contributed by atoms with Crippen molar-refractivity contribution in [3.63, 3.8) is 0 Å². The van der Waals surface area contributed by atoms with Crippen LogP contribution in [0.3, 0.4) is 0 Å². The number of anilines is 1. The molecule has 3 rings (SSSR count). The van der Waals surface area contributed by atoms with Crippen LogP contribution in [-0.4, -0.2) is 20.9 Å². The second-order valence-corrected chi connectivity index (χ2v) is 5.36. The van der Waals surface area contributed by atoms with Crippen molar-refractivity contribution in [3.8, 4) is 0 Å². The van der Waals surface area contributed by atoms with E-state index in [1.807, 2.05) is 0 Å². The normalized spacial score (nSPS) is 11.8. The van der Waals surface area contributed by atoms with Gasteiger partial charge in [-0.15, -0.1) is 0 Å². The summed E-state index contributed by atoms with van der Waals surface area (Å²) in [6, 6.07) is 11.7. The van der Waals surface area contributed by atoms with Crippen molar-refractivity contribution in [2.75, 3.05) is 5.32 Å². The molecule has 0 spiro atoms. The van der Waals surface area contributed by atoms with Gasteiger partial charge in [0.05, 0.1) is 11.7 Å². The molecule has 2 heterocycles. The van der Waals surface area contributed by atoms with Crippen LogP contribution in [0, 0.1) is 0 Å². The molecule has 0 saturated carbocycles. The minimum atomic E-state index is -0.515. The van der Waals surface area contributed by atoms with Gasteiger partial charge in [-0.1, -0.05) is 29.8 Å². The molecule has 1 aromatic carbocycles. The zero-order chi connectivity index (χ0) is 16.9. The highest BCUT2D eigenvalue weighted by atomic mass is 35.5. The van der Waals surface area contributed by atoms with Crippen LogP contribution < -0.4 is 11.1 Å². The third kappa shape index (κ3) is 3.56. The number of hydrogen-bond acceptors (Lipinski definition) is 5. The van der Waals surface area contributed by atoms with Crippen molar-refractivity contribution in [3.05, 3.63) is 83.0 Å². The lowest BCUT2D eigenvalue weighted by Gasteiger charge is -2.13. The highest BCUT2D eigenvalue weighted by molar-refractivity contribution is 6.30. The van der Waals surface area contributed by atoms with Crippen molar-refractivity contribution >= 4 is 23.3 Å². The van der Waals surface area contributed by atoms with Crippen LogP contribution in [0.5, 0.6) is 0 Å².